The van der Waals surface area contributed by atoms with Crippen molar-refractivity contribution in [2.24, 2.45) is 0 Å². The van der Waals surface area contributed by atoms with Crippen LogP contribution in [0.2, 0.25) is 0 Å². The molecule has 7 rings (SSSR count). The summed E-state index contributed by atoms with van der Waals surface area (Å²) >= 11 is 0. The smallest absolute Gasteiger partial charge is 0.143 e. The molecule has 0 aliphatic heterocycles. The van der Waals surface area contributed by atoms with Gasteiger partial charge in [0.1, 0.15) is 23.0 Å². The van der Waals surface area contributed by atoms with Crippen LogP contribution in [0.15, 0.2) is 138 Å². The van der Waals surface area contributed by atoms with E-state index < -0.39 is 0 Å². The van der Waals surface area contributed by atoms with Crippen molar-refractivity contribution in [3.63, 3.8) is 0 Å². The van der Waals surface area contributed by atoms with E-state index in [-0.39, 0.29) is 0 Å². The standard InChI is InChI=1S/C38H28O3/c1-39-33-19-15-27(16-20-33)37-35(31-13-11-25-7-3-5-9-29(25)23-31)36(32-14-12-26-8-4-6-10-30(26)24-32)38(41-37)28-17-21-34(40-2)22-18-28/h3-24H,1-2H3. The number of hydrogen-bond donors (Lipinski definition) is 0. The Bertz CT molecular complexity index is 1850. The summed E-state index contributed by atoms with van der Waals surface area (Å²) < 4.78 is 17.8. The van der Waals surface area contributed by atoms with Crippen molar-refractivity contribution in [2.45, 2.75) is 0 Å². The SMILES string of the molecule is COc1ccc(-c2oc(-c3ccc(OC)cc3)c(-c3ccc4ccccc4c3)c2-c2ccc3ccccc3c2)cc1. The van der Waals surface area contributed by atoms with Gasteiger partial charge in [-0.05, 0) is 93.3 Å². The fraction of sp³-hybridized carbons (Fsp3) is 0.0526. The van der Waals surface area contributed by atoms with E-state index in [1.165, 1.54) is 21.5 Å². The molecule has 0 amide bonds. The number of fused-ring (bicyclic) bond motifs is 2. The minimum Gasteiger partial charge on any atom is -0.497 e. The number of hydrogen-bond acceptors (Lipinski definition) is 3. The highest BCUT2D eigenvalue weighted by Crippen LogP contribution is 2.49. The summed E-state index contributed by atoms with van der Waals surface area (Å²) in [6, 6.07) is 46.4. The van der Waals surface area contributed by atoms with Crippen molar-refractivity contribution >= 4 is 21.5 Å². The molecule has 0 bridgehead atoms. The number of furan rings is 1. The number of benzene rings is 6. The van der Waals surface area contributed by atoms with E-state index in [2.05, 4.69) is 109 Å². The third kappa shape index (κ3) is 4.52. The molecule has 0 aliphatic carbocycles. The van der Waals surface area contributed by atoms with Crippen LogP contribution in [0.25, 0.3) is 66.4 Å². The van der Waals surface area contributed by atoms with Gasteiger partial charge in [0.2, 0.25) is 0 Å². The van der Waals surface area contributed by atoms with Gasteiger partial charge in [0.15, 0.2) is 0 Å². The molecule has 1 heterocycles. The molecule has 0 atom stereocenters. The molecule has 1 aromatic heterocycles. The maximum atomic E-state index is 6.92. The molecule has 0 saturated carbocycles. The minimum absolute atomic E-state index is 0.803. The summed E-state index contributed by atoms with van der Waals surface area (Å²) in [6.07, 6.45) is 0. The maximum Gasteiger partial charge on any atom is 0.143 e. The molecule has 0 spiro atoms. The predicted octanol–water partition coefficient (Wildman–Crippen LogP) is 10.3. The maximum absolute atomic E-state index is 6.92. The Kier molecular flexibility index (Phi) is 6.25. The van der Waals surface area contributed by atoms with E-state index in [0.29, 0.717) is 0 Å². The lowest BCUT2D eigenvalue weighted by atomic mass is 9.89. The first-order valence-corrected chi connectivity index (χ1v) is 13.7. The van der Waals surface area contributed by atoms with Gasteiger partial charge in [-0.15, -0.1) is 0 Å². The van der Waals surface area contributed by atoms with Crippen molar-refractivity contribution in [3.8, 4) is 56.4 Å². The van der Waals surface area contributed by atoms with Crippen molar-refractivity contribution in [1.82, 2.24) is 0 Å². The Hall–Kier alpha value is -5.28. The molecular weight excluding hydrogens is 504 g/mol. The largest absolute Gasteiger partial charge is 0.497 e. The van der Waals surface area contributed by atoms with Gasteiger partial charge in [0, 0.05) is 22.3 Å². The number of rotatable bonds is 6. The average Bonchev–Trinajstić information content (AvgIpc) is 3.45. The second-order valence-electron chi connectivity index (χ2n) is 10.1. The van der Waals surface area contributed by atoms with Crippen LogP contribution in [0.4, 0.5) is 0 Å². The molecule has 3 nitrogen and oxygen atoms in total. The first-order chi connectivity index (χ1) is 20.2. The van der Waals surface area contributed by atoms with E-state index in [9.17, 15) is 0 Å². The van der Waals surface area contributed by atoms with Crippen LogP contribution in [0.1, 0.15) is 0 Å². The monoisotopic (exact) mass is 532 g/mol. The van der Waals surface area contributed by atoms with E-state index in [0.717, 1.165) is 56.4 Å². The first kappa shape index (κ1) is 24.7. The van der Waals surface area contributed by atoms with Crippen molar-refractivity contribution in [2.75, 3.05) is 14.2 Å². The van der Waals surface area contributed by atoms with Gasteiger partial charge < -0.3 is 13.9 Å². The molecule has 0 N–H and O–H groups in total. The summed E-state index contributed by atoms with van der Waals surface area (Å²) in [4.78, 5) is 0. The highest BCUT2D eigenvalue weighted by molar-refractivity contribution is 6.03. The molecule has 0 fully saturated rings. The quantitative estimate of drug-likeness (QED) is 0.213. The fourth-order valence-corrected chi connectivity index (χ4v) is 5.56. The fourth-order valence-electron chi connectivity index (χ4n) is 5.56. The number of methoxy groups -OCH3 is 2. The second-order valence-corrected chi connectivity index (χ2v) is 10.1. The lowest BCUT2D eigenvalue weighted by molar-refractivity contribution is 0.415. The van der Waals surface area contributed by atoms with Gasteiger partial charge in [-0.1, -0.05) is 72.8 Å². The summed E-state index contributed by atoms with van der Waals surface area (Å²) in [5, 5.41) is 4.77. The molecule has 7 aromatic rings. The van der Waals surface area contributed by atoms with Crippen LogP contribution >= 0.6 is 0 Å². The average molecular weight is 533 g/mol. The zero-order chi connectivity index (χ0) is 27.8. The minimum atomic E-state index is 0.803. The zero-order valence-corrected chi connectivity index (χ0v) is 22.9. The van der Waals surface area contributed by atoms with Gasteiger partial charge in [-0.2, -0.15) is 0 Å². The zero-order valence-electron chi connectivity index (χ0n) is 22.9. The molecular formula is C38H28O3. The lowest BCUT2D eigenvalue weighted by Crippen LogP contribution is -1.88. The van der Waals surface area contributed by atoms with Crippen LogP contribution in [0, 0.1) is 0 Å². The van der Waals surface area contributed by atoms with Crippen LogP contribution in [-0.4, -0.2) is 14.2 Å². The third-order valence-corrected chi connectivity index (χ3v) is 7.69. The lowest BCUT2D eigenvalue weighted by Gasteiger charge is -2.11. The molecule has 0 aliphatic rings. The van der Waals surface area contributed by atoms with Gasteiger partial charge >= 0.3 is 0 Å². The van der Waals surface area contributed by atoms with Crippen LogP contribution < -0.4 is 9.47 Å². The first-order valence-electron chi connectivity index (χ1n) is 13.7. The summed E-state index contributed by atoms with van der Waals surface area (Å²) in [7, 11) is 3.37. The molecule has 0 saturated heterocycles. The van der Waals surface area contributed by atoms with Crippen LogP contribution in [0.3, 0.4) is 0 Å². The molecule has 0 radical (unpaired) electrons. The Labute approximate surface area is 239 Å². The highest BCUT2D eigenvalue weighted by atomic mass is 16.5. The normalized spacial score (nSPS) is 11.2. The Morgan fingerprint density at radius 3 is 1.15 bits per heavy atom. The number of ether oxygens (including phenoxy) is 2. The Morgan fingerprint density at radius 2 is 0.756 bits per heavy atom. The summed E-state index contributed by atoms with van der Waals surface area (Å²) in [5.41, 5.74) is 6.28. The summed E-state index contributed by atoms with van der Waals surface area (Å²) in [5.74, 6) is 3.24. The summed E-state index contributed by atoms with van der Waals surface area (Å²) in [6.45, 7) is 0. The van der Waals surface area contributed by atoms with Gasteiger partial charge in [0.05, 0.1) is 14.2 Å². The van der Waals surface area contributed by atoms with Crippen LogP contribution in [0.5, 0.6) is 11.5 Å². The predicted molar refractivity (Wildman–Crippen MR) is 169 cm³/mol. The highest BCUT2D eigenvalue weighted by Gasteiger charge is 2.25. The van der Waals surface area contributed by atoms with Gasteiger partial charge in [-0.3, -0.25) is 0 Å². The van der Waals surface area contributed by atoms with Gasteiger partial charge in [0.25, 0.3) is 0 Å². The molecule has 6 aromatic carbocycles. The topological polar surface area (TPSA) is 31.6 Å². The molecule has 198 valence electrons. The second kappa shape index (κ2) is 10.4. The van der Waals surface area contributed by atoms with E-state index in [4.69, 9.17) is 13.9 Å². The van der Waals surface area contributed by atoms with Crippen molar-refractivity contribution in [3.05, 3.63) is 133 Å². The van der Waals surface area contributed by atoms with E-state index in [1.54, 1.807) is 14.2 Å². The van der Waals surface area contributed by atoms with E-state index >= 15 is 0 Å². The van der Waals surface area contributed by atoms with Crippen molar-refractivity contribution < 1.29 is 13.9 Å². The molecule has 3 heteroatoms. The Balaban J connectivity index is 1.57. The molecule has 0 unspecified atom stereocenters. The van der Waals surface area contributed by atoms with Crippen LogP contribution in [-0.2, 0) is 0 Å². The molecule has 41 heavy (non-hydrogen) atoms. The van der Waals surface area contributed by atoms with Crippen molar-refractivity contribution in [1.29, 1.82) is 0 Å². The Morgan fingerprint density at radius 1 is 0.390 bits per heavy atom. The van der Waals surface area contributed by atoms with Gasteiger partial charge in [-0.25, -0.2) is 0 Å². The third-order valence-electron chi connectivity index (χ3n) is 7.69. The van der Waals surface area contributed by atoms with E-state index in [1.807, 2.05) is 24.3 Å².